The minimum Gasteiger partial charge on any atom is -0.375 e. The highest BCUT2D eigenvalue weighted by Gasteiger charge is 2.17. The lowest BCUT2D eigenvalue weighted by atomic mass is 10.2. The molecule has 0 atom stereocenters. The molecule has 0 bridgehead atoms. The van der Waals surface area contributed by atoms with Gasteiger partial charge >= 0.3 is 0 Å². The molecule has 4 rings (SSSR count). The summed E-state index contributed by atoms with van der Waals surface area (Å²) in [6, 6.07) is 16.5. The Morgan fingerprint density at radius 1 is 1.09 bits per heavy atom. The van der Waals surface area contributed by atoms with Crippen molar-refractivity contribution in [2.45, 2.75) is 13.5 Å². The van der Waals surface area contributed by atoms with E-state index >= 15 is 0 Å². The fraction of sp³-hybridized carbons (Fsp3) is 0.174. The van der Waals surface area contributed by atoms with E-state index in [-0.39, 0.29) is 18.4 Å². The average molecular weight is 469 g/mol. The molecule has 2 amide bonds. The number of anilines is 2. The fourth-order valence-corrected chi connectivity index (χ4v) is 4.47. The predicted octanol–water partition coefficient (Wildman–Crippen LogP) is 4.95. The average Bonchev–Trinajstić information content (AvgIpc) is 3.31. The third-order valence-electron chi connectivity index (χ3n) is 4.76. The Morgan fingerprint density at radius 3 is 2.53 bits per heavy atom. The number of carbonyl (C=O) groups is 2. The minimum atomic E-state index is -0.263. The molecule has 7 nitrogen and oxygen atoms in total. The van der Waals surface area contributed by atoms with E-state index in [9.17, 15) is 9.59 Å². The summed E-state index contributed by atoms with van der Waals surface area (Å²) in [5.74, 6) is -0.481. The van der Waals surface area contributed by atoms with Crippen LogP contribution in [0.25, 0.3) is 10.2 Å². The number of hydrogen-bond donors (Lipinski definition) is 2. The van der Waals surface area contributed by atoms with Crippen LogP contribution >= 0.6 is 22.9 Å². The number of aryl methyl sites for hydroxylation is 1. The lowest BCUT2D eigenvalue weighted by molar-refractivity contribution is -0.119. The van der Waals surface area contributed by atoms with E-state index in [0.717, 1.165) is 21.5 Å². The van der Waals surface area contributed by atoms with E-state index in [1.807, 2.05) is 41.9 Å². The van der Waals surface area contributed by atoms with E-state index in [2.05, 4.69) is 15.7 Å². The quantitative estimate of drug-likeness (QED) is 0.402. The van der Waals surface area contributed by atoms with Crippen molar-refractivity contribution in [3.63, 3.8) is 0 Å². The lowest BCUT2D eigenvalue weighted by Gasteiger charge is -2.08. The zero-order valence-electron chi connectivity index (χ0n) is 17.5. The van der Waals surface area contributed by atoms with Crippen LogP contribution in [0.5, 0.6) is 0 Å². The summed E-state index contributed by atoms with van der Waals surface area (Å²) in [6.07, 6.45) is 0. The molecule has 2 aromatic carbocycles. The molecular formula is C23H21ClN4O3S. The van der Waals surface area contributed by atoms with Crippen molar-refractivity contribution in [2.24, 2.45) is 0 Å². The van der Waals surface area contributed by atoms with E-state index in [4.69, 9.17) is 16.3 Å². The highest BCUT2D eigenvalue weighted by molar-refractivity contribution is 7.20. The number of aromatic nitrogens is 2. The topological polar surface area (TPSA) is 85.2 Å². The number of methoxy groups -OCH3 is 1. The Morgan fingerprint density at radius 2 is 1.81 bits per heavy atom. The summed E-state index contributed by atoms with van der Waals surface area (Å²) in [6.45, 7) is 2.48. The van der Waals surface area contributed by atoms with Gasteiger partial charge in [-0.15, -0.1) is 11.3 Å². The molecule has 4 aromatic rings. The summed E-state index contributed by atoms with van der Waals surface area (Å²) in [5, 5.41) is 11.9. The van der Waals surface area contributed by atoms with E-state index in [1.54, 1.807) is 24.3 Å². The second-order valence-electron chi connectivity index (χ2n) is 7.22. The molecule has 9 heteroatoms. The predicted molar refractivity (Wildman–Crippen MR) is 128 cm³/mol. The minimum absolute atomic E-state index is 0.0369. The zero-order chi connectivity index (χ0) is 22.7. The van der Waals surface area contributed by atoms with Gasteiger partial charge in [-0.3, -0.25) is 14.3 Å². The Labute approximate surface area is 194 Å². The van der Waals surface area contributed by atoms with Gasteiger partial charge in [-0.1, -0.05) is 29.8 Å². The summed E-state index contributed by atoms with van der Waals surface area (Å²) >= 11 is 7.37. The first-order valence-corrected chi connectivity index (χ1v) is 11.0. The molecule has 0 aliphatic heterocycles. The number of amides is 2. The normalized spacial score (nSPS) is 11.0. The van der Waals surface area contributed by atoms with Gasteiger partial charge in [-0.2, -0.15) is 5.10 Å². The molecule has 2 aromatic heterocycles. The van der Waals surface area contributed by atoms with Gasteiger partial charge < -0.3 is 15.4 Å². The number of carbonyl (C=O) groups excluding carboxylic acids is 2. The van der Waals surface area contributed by atoms with E-state index < -0.39 is 0 Å². The summed E-state index contributed by atoms with van der Waals surface area (Å²) < 4.78 is 6.72. The molecule has 32 heavy (non-hydrogen) atoms. The number of ether oxygens (including phenoxy) is 1. The molecule has 0 spiro atoms. The third-order valence-corrected chi connectivity index (χ3v) is 6.16. The fourth-order valence-electron chi connectivity index (χ4n) is 3.29. The zero-order valence-corrected chi connectivity index (χ0v) is 19.1. The van der Waals surface area contributed by atoms with Crippen molar-refractivity contribution in [3.8, 4) is 0 Å². The maximum absolute atomic E-state index is 12.9. The molecule has 0 aliphatic carbocycles. The van der Waals surface area contributed by atoms with Crippen molar-refractivity contribution in [2.75, 3.05) is 24.4 Å². The second kappa shape index (κ2) is 9.52. The van der Waals surface area contributed by atoms with E-state index in [1.165, 1.54) is 18.4 Å². The van der Waals surface area contributed by atoms with Crippen LogP contribution in [0.4, 0.5) is 11.4 Å². The van der Waals surface area contributed by atoms with Gasteiger partial charge in [0.2, 0.25) is 5.91 Å². The lowest BCUT2D eigenvalue weighted by Crippen LogP contribution is -2.17. The number of nitrogens with one attached hydrogen (secondary N) is 2. The molecule has 0 saturated heterocycles. The standard InChI is InChI=1S/C23H21ClN4O3S/c1-14-19-11-20(32-23(19)28(27-14)12-15-6-8-16(24)9-7-15)22(30)26-18-5-3-4-17(10-18)25-21(29)13-31-2/h3-11H,12-13H2,1-2H3,(H,25,29)(H,26,30). The van der Waals surface area contributed by atoms with Crippen LogP contribution in [0.2, 0.25) is 5.02 Å². The Kier molecular flexibility index (Phi) is 6.55. The first kappa shape index (κ1) is 22.0. The number of halogens is 1. The largest absolute Gasteiger partial charge is 0.375 e. The first-order chi connectivity index (χ1) is 15.4. The van der Waals surface area contributed by atoms with Gasteiger partial charge in [-0.25, -0.2) is 0 Å². The summed E-state index contributed by atoms with van der Waals surface area (Å²) in [4.78, 5) is 26.1. The van der Waals surface area contributed by atoms with Crippen molar-refractivity contribution in [1.82, 2.24) is 9.78 Å². The smallest absolute Gasteiger partial charge is 0.265 e. The van der Waals surface area contributed by atoms with Crippen LogP contribution < -0.4 is 10.6 Å². The van der Waals surface area contributed by atoms with Crippen molar-refractivity contribution in [1.29, 1.82) is 0 Å². The van der Waals surface area contributed by atoms with Gasteiger partial charge in [0.15, 0.2) is 0 Å². The maximum Gasteiger partial charge on any atom is 0.265 e. The molecule has 164 valence electrons. The van der Waals surface area contributed by atoms with Gasteiger partial charge in [0.25, 0.3) is 5.91 Å². The Bertz CT molecular complexity index is 1280. The van der Waals surface area contributed by atoms with Crippen LogP contribution in [-0.2, 0) is 16.1 Å². The number of thiophene rings is 1. The number of fused-ring (bicyclic) bond motifs is 1. The molecular weight excluding hydrogens is 448 g/mol. The number of nitrogens with zero attached hydrogens (tertiary/aromatic N) is 2. The van der Waals surface area contributed by atoms with Gasteiger partial charge in [0, 0.05) is 28.9 Å². The summed E-state index contributed by atoms with van der Waals surface area (Å²) in [5.41, 5.74) is 3.11. The molecule has 0 aliphatic rings. The SMILES string of the molecule is COCC(=O)Nc1cccc(NC(=O)c2cc3c(C)nn(Cc4ccc(Cl)cc4)c3s2)c1. The molecule has 0 saturated carbocycles. The van der Waals surface area contributed by atoms with Crippen molar-refractivity contribution in [3.05, 3.63) is 75.8 Å². The van der Waals surface area contributed by atoms with Crippen LogP contribution in [0.15, 0.2) is 54.6 Å². The molecule has 2 N–H and O–H groups in total. The Hall–Kier alpha value is -3.20. The Balaban J connectivity index is 1.52. The monoisotopic (exact) mass is 468 g/mol. The van der Waals surface area contributed by atoms with Gasteiger partial charge in [0.1, 0.15) is 11.4 Å². The van der Waals surface area contributed by atoms with Crippen LogP contribution in [-0.4, -0.2) is 35.3 Å². The molecule has 2 heterocycles. The van der Waals surface area contributed by atoms with E-state index in [0.29, 0.717) is 27.8 Å². The van der Waals surface area contributed by atoms with Crippen molar-refractivity contribution < 1.29 is 14.3 Å². The number of hydrogen-bond acceptors (Lipinski definition) is 5. The number of rotatable bonds is 7. The summed E-state index contributed by atoms with van der Waals surface area (Å²) in [7, 11) is 1.46. The molecule has 0 fully saturated rings. The molecule has 0 radical (unpaired) electrons. The van der Waals surface area contributed by atoms with Crippen LogP contribution in [0.1, 0.15) is 20.9 Å². The highest BCUT2D eigenvalue weighted by Crippen LogP contribution is 2.30. The number of benzene rings is 2. The van der Waals surface area contributed by atoms with Crippen LogP contribution in [0.3, 0.4) is 0 Å². The maximum atomic E-state index is 12.9. The molecule has 0 unspecified atom stereocenters. The third kappa shape index (κ3) is 4.99. The highest BCUT2D eigenvalue weighted by atomic mass is 35.5. The second-order valence-corrected chi connectivity index (χ2v) is 8.68. The van der Waals surface area contributed by atoms with Crippen molar-refractivity contribution >= 4 is 56.3 Å². The van der Waals surface area contributed by atoms with Gasteiger partial charge in [-0.05, 0) is 48.9 Å². The van der Waals surface area contributed by atoms with Crippen LogP contribution in [0, 0.1) is 6.92 Å². The first-order valence-electron chi connectivity index (χ1n) is 9.84. The van der Waals surface area contributed by atoms with Gasteiger partial charge in [0.05, 0.1) is 17.1 Å².